The molecule has 2 aromatic heterocycles. The summed E-state index contributed by atoms with van der Waals surface area (Å²) in [6.45, 7) is 0. The van der Waals surface area contributed by atoms with E-state index >= 15 is 0 Å². The van der Waals surface area contributed by atoms with Gasteiger partial charge < -0.3 is 19.7 Å². The van der Waals surface area contributed by atoms with Crippen LogP contribution in [0.5, 0.6) is 11.5 Å². The van der Waals surface area contributed by atoms with E-state index in [1.54, 1.807) is 12.1 Å². The number of aliphatic hydroxyl groups excluding tert-OH is 1. The molecule has 0 saturated carbocycles. The molecule has 0 radical (unpaired) electrons. The van der Waals surface area contributed by atoms with Gasteiger partial charge in [0, 0.05) is 18.5 Å². The fourth-order valence-electron chi connectivity index (χ4n) is 4.22. The predicted octanol–water partition coefficient (Wildman–Crippen LogP) is 4.69. The molecule has 0 spiro atoms. The number of aromatic nitrogens is 2. The Morgan fingerprint density at radius 1 is 1.08 bits per heavy atom. The zero-order valence-corrected chi connectivity index (χ0v) is 21.4. The van der Waals surface area contributed by atoms with Crippen molar-refractivity contribution in [3.05, 3.63) is 82.1 Å². The normalized spacial score (nSPS) is 16.7. The molecule has 3 heterocycles. The predicted molar refractivity (Wildman–Crippen MR) is 140 cm³/mol. The molecule has 192 valence electrons. The number of hydrogen-bond donors (Lipinski definition) is 2. The van der Waals surface area contributed by atoms with Gasteiger partial charge in [-0.25, -0.2) is 9.78 Å². The number of methoxy groups -OCH3 is 2. The second-order valence-electron chi connectivity index (χ2n) is 8.13. The number of amides is 1. The summed E-state index contributed by atoms with van der Waals surface area (Å²) in [6, 6.07) is 9.43. The fraction of sp³-hybridized carbons (Fsp3) is 0.115. The van der Waals surface area contributed by atoms with Crippen molar-refractivity contribution in [2.24, 2.45) is 0 Å². The number of carbonyl (C=O) groups is 3. The monoisotopic (exact) mass is 551 g/mol. The first-order chi connectivity index (χ1) is 18.2. The number of thiazole rings is 1. The summed E-state index contributed by atoms with van der Waals surface area (Å²) < 4.78 is 11.2. The molecule has 5 rings (SSSR count). The number of ether oxygens (including phenoxy) is 2. The summed E-state index contributed by atoms with van der Waals surface area (Å²) in [7, 11) is 2.77. The molecule has 0 bridgehead atoms. The first-order valence-electron chi connectivity index (χ1n) is 11.0. The van der Waals surface area contributed by atoms with Gasteiger partial charge in [0.15, 0.2) is 5.13 Å². The third kappa shape index (κ3) is 4.11. The van der Waals surface area contributed by atoms with Gasteiger partial charge in [-0.1, -0.05) is 29.0 Å². The summed E-state index contributed by atoms with van der Waals surface area (Å²) in [5.41, 5.74) is 0.833. The summed E-state index contributed by atoms with van der Waals surface area (Å²) >= 11 is 7.26. The molecule has 0 aliphatic carbocycles. The van der Waals surface area contributed by atoms with Crippen LogP contribution >= 0.6 is 22.9 Å². The van der Waals surface area contributed by atoms with Gasteiger partial charge in [0.25, 0.3) is 5.78 Å². The summed E-state index contributed by atoms with van der Waals surface area (Å²) in [5.74, 6) is -3.09. The highest BCUT2D eigenvalue weighted by Crippen LogP contribution is 2.46. The van der Waals surface area contributed by atoms with Crippen LogP contribution in [0.15, 0.2) is 60.4 Å². The van der Waals surface area contributed by atoms with Crippen molar-refractivity contribution >= 4 is 61.7 Å². The Labute approximate surface area is 224 Å². The molecule has 1 atom stereocenters. The topological polar surface area (TPSA) is 139 Å². The number of rotatable bonds is 6. The van der Waals surface area contributed by atoms with Crippen LogP contribution in [-0.4, -0.2) is 52.1 Å². The number of nitrogens with zero attached hydrogens (tertiary/aromatic N) is 3. The number of carboxylic acid groups (broad SMARTS) is 1. The van der Waals surface area contributed by atoms with Gasteiger partial charge in [0.05, 0.1) is 52.2 Å². The molecule has 1 amide bonds. The maximum Gasteiger partial charge on any atom is 0.335 e. The summed E-state index contributed by atoms with van der Waals surface area (Å²) in [5, 5.41) is 21.2. The summed E-state index contributed by atoms with van der Waals surface area (Å²) in [4.78, 5) is 48.1. The minimum Gasteiger partial charge on any atom is -0.507 e. The average Bonchev–Trinajstić information content (AvgIpc) is 3.46. The molecule has 10 nitrogen and oxygen atoms in total. The zero-order valence-electron chi connectivity index (χ0n) is 19.8. The van der Waals surface area contributed by atoms with Crippen LogP contribution < -0.4 is 14.4 Å². The number of Topliss-reactive ketones (excluding diaryl/α,β-unsaturated/α-hetero) is 1. The number of pyridine rings is 1. The Balaban J connectivity index is 1.74. The van der Waals surface area contributed by atoms with Gasteiger partial charge in [-0.15, -0.1) is 0 Å². The first kappa shape index (κ1) is 25.2. The smallest absolute Gasteiger partial charge is 0.335 e. The largest absolute Gasteiger partial charge is 0.507 e. The number of hydrogen-bond acceptors (Lipinski definition) is 9. The molecule has 2 aromatic carbocycles. The lowest BCUT2D eigenvalue weighted by Gasteiger charge is -2.23. The lowest BCUT2D eigenvalue weighted by molar-refractivity contribution is -0.132. The third-order valence-corrected chi connectivity index (χ3v) is 7.32. The van der Waals surface area contributed by atoms with Gasteiger partial charge in [-0.3, -0.25) is 19.5 Å². The quantitative estimate of drug-likeness (QED) is 0.198. The molecule has 1 unspecified atom stereocenters. The van der Waals surface area contributed by atoms with Crippen LogP contribution in [0.3, 0.4) is 0 Å². The fourth-order valence-corrected chi connectivity index (χ4v) is 5.48. The maximum absolute atomic E-state index is 13.4. The third-order valence-electron chi connectivity index (χ3n) is 6.00. The molecule has 12 heteroatoms. The number of benzene rings is 2. The van der Waals surface area contributed by atoms with Crippen LogP contribution in [0, 0.1) is 0 Å². The van der Waals surface area contributed by atoms with E-state index < -0.39 is 29.5 Å². The molecule has 1 fully saturated rings. The number of aliphatic hydroxyl groups is 1. The molecule has 38 heavy (non-hydrogen) atoms. The van der Waals surface area contributed by atoms with Gasteiger partial charge in [-0.05, 0) is 35.9 Å². The maximum atomic E-state index is 13.4. The second kappa shape index (κ2) is 9.77. The Morgan fingerprint density at radius 2 is 1.84 bits per heavy atom. The minimum absolute atomic E-state index is 0.0577. The second-order valence-corrected chi connectivity index (χ2v) is 9.54. The average molecular weight is 552 g/mol. The SMILES string of the molecule is COc1cc(/C(O)=C2\C(=O)C(=O)N(c3nc4ccc(C(=O)O)cc4s3)C2c2cccnc2)c(OC)cc1Cl. The Bertz CT molecular complexity index is 1650. The number of aromatic carboxylic acids is 1. The Hall–Kier alpha value is -4.48. The van der Waals surface area contributed by atoms with Gasteiger partial charge in [0.2, 0.25) is 0 Å². The number of carbonyl (C=O) groups excluding carboxylic acids is 2. The van der Waals surface area contributed by atoms with Crippen LogP contribution in [0.25, 0.3) is 16.0 Å². The molecular weight excluding hydrogens is 534 g/mol. The van der Waals surface area contributed by atoms with Crippen molar-refractivity contribution in [3.8, 4) is 11.5 Å². The van der Waals surface area contributed by atoms with E-state index in [0.29, 0.717) is 15.8 Å². The Kier molecular flexibility index (Phi) is 6.47. The van der Waals surface area contributed by atoms with E-state index in [4.69, 9.17) is 21.1 Å². The van der Waals surface area contributed by atoms with Gasteiger partial charge in [0.1, 0.15) is 17.3 Å². The highest BCUT2D eigenvalue weighted by molar-refractivity contribution is 7.22. The van der Waals surface area contributed by atoms with Crippen molar-refractivity contribution in [3.63, 3.8) is 0 Å². The highest BCUT2D eigenvalue weighted by atomic mass is 35.5. The van der Waals surface area contributed by atoms with E-state index in [-0.39, 0.29) is 38.4 Å². The number of anilines is 1. The van der Waals surface area contributed by atoms with E-state index in [0.717, 1.165) is 11.3 Å². The number of carboxylic acids is 1. The van der Waals surface area contributed by atoms with E-state index in [1.807, 2.05) is 0 Å². The van der Waals surface area contributed by atoms with Crippen molar-refractivity contribution in [1.82, 2.24) is 9.97 Å². The number of halogens is 1. The van der Waals surface area contributed by atoms with E-state index in [1.165, 1.54) is 61.8 Å². The molecule has 2 N–H and O–H groups in total. The van der Waals surface area contributed by atoms with Crippen molar-refractivity contribution in [2.75, 3.05) is 19.1 Å². The molecule has 1 saturated heterocycles. The number of fused-ring (bicyclic) bond motifs is 1. The van der Waals surface area contributed by atoms with Crippen LogP contribution in [0.4, 0.5) is 5.13 Å². The molecule has 1 aliphatic heterocycles. The Morgan fingerprint density at radius 3 is 2.50 bits per heavy atom. The molecular formula is C26H18ClN3O7S. The van der Waals surface area contributed by atoms with Gasteiger partial charge >= 0.3 is 11.9 Å². The van der Waals surface area contributed by atoms with Crippen LogP contribution in [-0.2, 0) is 9.59 Å². The van der Waals surface area contributed by atoms with Gasteiger partial charge in [-0.2, -0.15) is 0 Å². The lowest BCUT2D eigenvalue weighted by atomic mass is 9.96. The van der Waals surface area contributed by atoms with Crippen LogP contribution in [0.2, 0.25) is 5.02 Å². The van der Waals surface area contributed by atoms with Crippen molar-refractivity contribution in [1.29, 1.82) is 0 Å². The highest BCUT2D eigenvalue weighted by Gasteiger charge is 2.48. The minimum atomic E-state index is -1.11. The van der Waals surface area contributed by atoms with E-state index in [2.05, 4.69) is 9.97 Å². The number of ketones is 1. The zero-order chi connectivity index (χ0) is 27.1. The van der Waals surface area contributed by atoms with E-state index in [9.17, 15) is 24.6 Å². The first-order valence-corrected chi connectivity index (χ1v) is 12.2. The standard InChI is InChI=1S/C26H18ClN3O7S/c1-36-17-10-15(27)18(37-2)9-14(17)22(31)20-21(13-4-3-7-28-11-13)30(24(33)23(20)32)26-29-16-6-5-12(25(34)35)8-19(16)38-26/h3-11,21,31H,1-2H3,(H,34,35)/b22-20+. The summed E-state index contributed by atoms with van der Waals surface area (Å²) in [6.07, 6.45) is 3.01. The lowest BCUT2D eigenvalue weighted by Crippen LogP contribution is -2.29. The van der Waals surface area contributed by atoms with Crippen molar-refractivity contribution < 1.29 is 34.1 Å². The molecule has 1 aliphatic rings. The molecule has 4 aromatic rings. The van der Waals surface area contributed by atoms with Crippen molar-refractivity contribution in [2.45, 2.75) is 6.04 Å². The van der Waals surface area contributed by atoms with Crippen LogP contribution in [0.1, 0.15) is 27.5 Å².